The number of anilines is 4. The fourth-order valence-corrected chi connectivity index (χ4v) is 23.0. The van der Waals surface area contributed by atoms with Crippen LogP contribution >= 0.6 is 0 Å². The number of nitriles is 1. The Labute approximate surface area is 855 Å². The van der Waals surface area contributed by atoms with Crippen LogP contribution in [0.4, 0.5) is 75.4 Å². The number of hydrogen-bond donors (Lipinski definition) is 6. The van der Waals surface area contributed by atoms with Gasteiger partial charge in [-0.15, -0.1) is 13.2 Å². The number of rotatable bonds is 29. The number of ketones is 2. The SMILES string of the molecule is CCOC1=NS(=O)(=O)N=C1CC[C@H]1CC[C@@H]2[C@H](O1)c1cc(C(F)(F)F)ccc1N[C@H]2c1ccccc1.CN(C)CCCC(=O)CC(=O)CC[C@H]1CC[C@@H]2[C@H](O1)c1cc(C(F)(F)F)ccc1N[C@H]2c1ccccc1.CN(C)CCN=C(CC[C@H]1CC[C@@H]2[C@H](O1)c1cc(C(F)(F)F)ccc1N[C@H]2c1ccccc1)NC#N.CN(C)CCN=C1NS(=O)(=O)N=C1CC[C@H]1CC[C@@H]2[C@H](O1)c1cc(C(F)(F)F)ccc1N[C@H]2c1ccccc1. The van der Waals surface area contributed by atoms with E-state index in [-0.39, 0.29) is 127 Å². The quantitative estimate of drug-likeness (QED) is 0.00633. The summed E-state index contributed by atoms with van der Waals surface area (Å²) in [6, 6.07) is 54.3. The summed E-state index contributed by atoms with van der Waals surface area (Å²) in [5.41, 5.74) is 6.69. The Hall–Kier alpha value is -11.7. The topological polar surface area (TPSA) is 316 Å². The molecule has 0 aliphatic carbocycles. The van der Waals surface area contributed by atoms with Crippen LogP contribution in [0, 0.1) is 35.1 Å². The van der Waals surface area contributed by atoms with E-state index in [0.29, 0.717) is 140 Å². The zero-order valence-electron chi connectivity index (χ0n) is 83.3. The maximum atomic E-state index is 13.6. The number of Topliss-reactive ketones (excluding diaryl/α,β-unsaturated/α-hetero) is 2. The summed E-state index contributed by atoms with van der Waals surface area (Å²) in [5, 5.41) is 25.6. The van der Waals surface area contributed by atoms with E-state index in [1.807, 2.05) is 185 Å². The number of carbonyl (C=O) groups excluding carboxylic acids is 2. The van der Waals surface area contributed by atoms with Crippen molar-refractivity contribution in [3.05, 3.63) is 261 Å². The van der Waals surface area contributed by atoms with Gasteiger partial charge in [0.25, 0.3) is 0 Å². The molecular formula is C108H125F12N15O11S2. The molecule has 8 aromatic carbocycles. The van der Waals surface area contributed by atoms with Crippen LogP contribution < -0.4 is 31.3 Å². The first-order valence-corrected chi connectivity index (χ1v) is 53.0. The van der Waals surface area contributed by atoms with Crippen molar-refractivity contribution in [2.24, 2.45) is 46.8 Å². The molecule has 6 N–H and O–H groups in total. The molecule has 8 aromatic rings. The van der Waals surface area contributed by atoms with Gasteiger partial charge in [-0.05, 0) is 247 Å². The van der Waals surface area contributed by atoms with E-state index in [4.69, 9.17) is 28.9 Å². The standard InChI is InChI=1S/C29H35F3N2O3.C27H32F3N5O3S.C27H32F3N5O.C25H26F3N3O4S/c1-34(2)16-6-9-21(35)18-22(36)11-12-23-13-14-24-27(19-7-4-3-5-8-19)33-26-15-10-20(29(30,31)32)17-25(26)28(24)37-23;1-35(2)15-14-31-26-23(33-39(36,37)34-26)13-10-19-9-11-20-24(17-6-4-3-5-7-17)32-22-12-8-18(27(28,29)30)16-21(22)25(20)38-19;1-35(2)15-14-32-24(33-17-31)13-10-20-9-11-21-25(18-6-4-3-5-7-18)34-23-12-8-19(27(28,29)30)16-22(23)26(21)36-20;1-2-34-24-21(30-36(32,33)31-24)13-10-17-9-11-18-22(15-6-4-3-5-7-15)29-20-12-8-16(25(26,27)28)14-19(20)23(18)35-17/h3-5,7-8,10,15,17,23-24,27-28,33H,6,9,11-14,16,18H2,1-2H3;3-8,12,16,19-20,24-25,32H,9-11,13-15H2,1-2H3,(H,31,34);3-8,12,16,20-21,25-26,34H,9-11,13-15H2,1-2H3,(H,32,33);3-8,12,14,17-18,22-23,29H,2,9-11,13H2,1H3/t23-,24-,27-,28-;19-,20+,24+,25+;20-,21+,25+,26+;17-,18+,22+,23+/m0111/s1. The van der Waals surface area contributed by atoms with Gasteiger partial charge < -0.3 is 59.7 Å². The normalized spacial score (nSPS) is 25.2. The summed E-state index contributed by atoms with van der Waals surface area (Å²) in [6.07, 6.45) is -8.44. The highest BCUT2D eigenvalue weighted by atomic mass is 32.2. The van der Waals surface area contributed by atoms with Gasteiger partial charge in [-0.25, -0.2) is 4.72 Å². The minimum atomic E-state index is -4.46. The first-order valence-electron chi connectivity index (χ1n) is 50.1. The van der Waals surface area contributed by atoms with Crippen molar-refractivity contribution in [2.45, 2.75) is 227 Å². The Balaban J connectivity index is 0.000000148. The lowest BCUT2D eigenvalue weighted by Gasteiger charge is -2.46. The average Bonchev–Trinajstić information content (AvgIpc) is 1.44. The molecule has 40 heteroatoms. The number of alkyl halides is 12. The number of nitrogens with zero attached hydrogens (tertiary/aromatic N) is 9. The highest BCUT2D eigenvalue weighted by Gasteiger charge is 2.50. The van der Waals surface area contributed by atoms with Gasteiger partial charge in [0.2, 0.25) is 5.90 Å². The van der Waals surface area contributed by atoms with Gasteiger partial charge >= 0.3 is 45.1 Å². The lowest BCUT2D eigenvalue weighted by Crippen LogP contribution is -2.39. The molecule has 16 atom stereocenters. The first kappa shape index (κ1) is 110. The zero-order valence-corrected chi connectivity index (χ0v) is 84.9. The Morgan fingerprint density at radius 2 is 0.770 bits per heavy atom. The van der Waals surface area contributed by atoms with E-state index in [1.54, 1.807) is 6.92 Å². The maximum Gasteiger partial charge on any atom is 0.416 e. The molecule has 794 valence electrons. The van der Waals surface area contributed by atoms with Crippen molar-refractivity contribution in [3.8, 4) is 6.19 Å². The molecule has 0 spiro atoms. The molecule has 0 aromatic heterocycles. The van der Waals surface area contributed by atoms with E-state index in [0.717, 1.165) is 98.1 Å². The van der Waals surface area contributed by atoms with Gasteiger partial charge in [0.1, 0.15) is 23.1 Å². The summed E-state index contributed by atoms with van der Waals surface area (Å²) in [4.78, 5) is 39.4. The molecule has 10 aliphatic heterocycles. The van der Waals surface area contributed by atoms with Gasteiger partial charge in [0.15, 0.2) is 12.0 Å². The molecule has 0 radical (unpaired) electrons. The van der Waals surface area contributed by atoms with Crippen LogP contribution in [0.5, 0.6) is 0 Å². The van der Waals surface area contributed by atoms with Crippen molar-refractivity contribution < 1.29 is 103 Å². The second-order valence-corrected chi connectivity index (χ2v) is 42.3. The fraction of sp³-hybridized carbons (Fsp3) is 0.481. The highest BCUT2D eigenvalue weighted by molar-refractivity contribution is 7.90. The number of carbonyl (C=O) groups is 2. The minimum absolute atomic E-state index is 0.00245. The number of nitrogens with one attached hydrogen (secondary N) is 6. The maximum absolute atomic E-state index is 13.6. The van der Waals surface area contributed by atoms with E-state index < -0.39 is 91.8 Å². The molecule has 4 fully saturated rings. The van der Waals surface area contributed by atoms with Gasteiger partial charge in [-0.2, -0.15) is 74.8 Å². The molecular weight excluding hydrogens is 1980 g/mol. The fourth-order valence-electron chi connectivity index (χ4n) is 21.2. The van der Waals surface area contributed by atoms with Crippen molar-refractivity contribution in [2.75, 3.05) is 103 Å². The Morgan fingerprint density at radius 3 is 1.11 bits per heavy atom. The van der Waals surface area contributed by atoms with E-state index >= 15 is 0 Å². The number of fused-ring (bicyclic) bond motifs is 12. The molecule has 0 saturated carbocycles. The van der Waals surface area contributed by atoms with E-state index in [2.05, 4.69) is 54.5 Å². The zero-order chi connectivity index (χ0) is 106. The number of likely N-dealkylation sites (N-methyl/N-ethyl adjacent to an activating group) is 2. The molecule has 4 saturated heterocycles. The second kappa shape index (κ2) is 48.5. The van der Waals surface area contributed by atoms with E-state index in [9.17, 15) is 79.1 Å². The van der Waals surface area contributed by atoms with Crippen LogP contribution in [-0.4, -0.2) is 178 Å². The molecule has 10 heterocycles. The van der Waals surface area contributed by atoms with Crippen LogP contribution in [0.3, 0.4) is 0 Å². The number of amidine groups is 2. The van der Waals surface area contributed by atoms with Gasteiger partial charge in [0.05, 0.1) is 127 Å². The largest absolute Gasteiger partial charge is 0.476 e. The third-order valence-corrected chi connectivity index (χ3v) is 30.2. The van der Waals surface area contributed by atoms with Crippen LogP contribution in [0.15, 0.2) is 217 Å². The average molecular weight is 2100 g/mol. The monoisotopic (exact) mass is 2100 g/mol. The molecule has 10 aliphatic rings. The molecule has 0 bridgehead atoms. The molecule has 0 unspecified atom stereocenters. The summed E-state index contributed by atoms with van der Waals surface area (Å²) >= 11 is 0. The van der Waals surface area contributed by atoms with Crippen molar-refractivity contribution in [1.82, 2.24) is 24.7 Å². The third kappa shape index (κ3) is 28.7. The minimum Gasteiger partial charge on any atom is -0.476 e. The van der Waals surface area contributed by atoms with Crippen LogP contribution in [0.2, 0.25) is 0 Å². The number of hydrogen-bond acceptors (Lipinski definition) is 21. The Morgan fingerprint density at radius 1 is 0.432 bits per heavy atom. The molecule has 18 rings (SSSR count). The Kier molecular flexibility index (Phi) is 36.2. The van der Waals surface area contributed by atoms with Gasteiger partial charge in [-0.1, -0.05) is 121 Å². The predicted octanol–water partition coefficient (Wildman–Crippen LogP) is 22.2. The summed E-state index contributed by atoms with van der Waals surface area (Å²) in [7, 11) is 3.85. The predicted molar refractivity (Wildman–Crippen MR) is 543 cm³/mol. The lowest BCUT2D eigenvalue weighted by molar-refractivity contribution is -0.139. The van der Waals surface area contributed by atoms with Gasteiger partial charge in [0, 0.05) is 101 Å². The second-order valence-electron chi connectivity index (χ2n) is 39.7. The van der Waals surface area contributed by atoms with Crippen molar-refractivity contribution in [1.29, 1.82) is 5.26 Å². The molecule has 148 heavy (non-hydrogen) atoms. The third-order valence-electron chi connectivity index (χ3n) is 28.4. The number of benzene rings is 8. The van der Waals surface area contributed by atoms with Gasteiger partial charge in [-0.3, -0.25) is 24.9 Å². The van der Waals surface area contributed by atoms with Crippen molar-refractivity contribution in [3.63, 3.8) is 0 Å². The van der Waals surface area contributed by atoms with Crippen LogP contribution in [0.1, 0.15) is 244 Å². The number of ether oxygens (including phenoxy) is 5. The molecule has 0 amide bonds. The summed E-state index contributed by atoms with van der Waals surface area (Å²) in [5.74, 6) is 0.542. The molecule has 26 nitrogen and oxygen atoms in total. The lowest BCUT2D eigenvalue weighted by atomic mass is 9.76. The highest BCUT2D eigenvalue weighted by Crippen LogP contribution is 2.58. The van der Waals surface area contributed by atoms with E-state index in [1.165, 1.54) is 48.5 Å². The summed E-state index contributed by atoms with van der Waals surface area (Å²) in [6.45, 7) is 5.20. The van der Waals surface area contributed by atoms with Crippen LogP contribution in [0.25, 0.3) is 0 Å². The first-order chi connectivity index (χ1) is 70.5. The number of aliphatic imine (C=N–C) groups is 2. The Bertz CT molecular complexity index is 6360. The van der Waals surface area contributed by atoms with Crippen molar-refractivity contribution >= 4 is 83.7 Å². The number of halogens is 12. The van der Waals surface area contributed by atoms with Crippen LogP contribution in [-0.2, 0) is 78.4 Å². The smallest absolute Gasteiger partial charge is 0.416 e. The summed E-state index contributed by atoms with van der Waals surface area (Å²) < 4.78 is 255.